The zero-order valence-electron chi connectivity index (χ0n) is 24.1. The second kappa shape index (κ2) is 32.1. The first-order chi connectivity index (χ1) is 15.7. The summed E-state index contributed by atoms with van der Waals surface area (Å²) in [6.07, 6.45) is 26.4. The Kier molecular flexibility index (Phi) is 35.3. The first-order valence-electron chi connectivity index (χ1n) is 15.7. The number of hydrogen-bond donors (Lipinski definition) is 0. The third kappa shape index (κ3) is 29.1. The van der Waals surface area contributed by atoms with E-state index in [0.29, 0.717) is 0 Å². The lowest BCUT2D eigenvalue weighted by Gasteiger charge is -2.11. The van der Waals surface area contributed by atoms with Gasteiger partial charge in [0.05, 0.1) is 0 Å². The van der Waals surface area contributed by atoms with Crippen LogP contribution in [-0.2, 0) is 0 Å². The van der Waals surface area contributed by atoms with Crippen molar-refractivity contribution in [3.8, 4) is 0 Å². The fraction of sp³-hybridized carbons (Fsp3) is 1.00. The Morgan fingerprint density at radius 1 is 0.250 bits per heavy atom. The predicted molar refractivity (Wildman–Crippen MR) is 157 cm³/mol. The highest BCUT2D eigenvalue weighted by molar-refractivity contribution is 6.59. The molecular formula is C30H66Al2. The van der Waals surface area contributed by atoms with E-state index >= 15 is 0 Å². The molecule has 0 aliphatic rings. The van der Waals surface area contributed by atoms with Gasteiger partial charge < -0.3 is 0 Å². The first kappa shape index (κ1) is 35.2. The van der Waals surface area contributed by atoms with Crippen molar-refractivity contribution in [1.29, 1.82) is 0 Å². The summed E-state index contributed by atoms with van der Waals surface area (Å²) in [6, 6.07) is 0. The third-order valence-electron chi connectivity index (χ3n) is 7.30. The summed E-state index contributed by atoms with van der Waals surface area (Å²) in [5.41, 5.74) is 0. The van der Waals surface area contributed by atoms with E-state index in [0.717, 1.165) is 0 Å². The number of unbranched alkanes of at least 4 members (excludes halogenated alkanes) is 12. The van der Waals surface area contributed by atoms with E-state index in [-0.39, 0.29) is 28.3 Å². The summed E-state index contributed by atoms with van der Waals surface area (Å²) in [5, 5.41) is 9.82. The zero-order valence-corrected chi connectivity index (χ0v) is 26.4. The minimum absolute atomic E-state index is 0.287. The molecule has 0 fully saturated rings. The molecule has 0 aromatic carbocycles. The van der Waals surface area contributed by atoms with Crippen LogP contribution in [0.25, 0.3) is 0 Å². The van der Waals surface area contributed by atoms with Crippen molar-refractivity contribution in [1.82, 2.24) is 0 Å². The maximum absolute atomic E-state index is 2.32. The molecule has 0 radical (unpaired) electrons. The van der Waals surface area contributed by atoms with Gasteiger partial charge in [0.2, 0.25) is 0 Å². The molecule has 0 aromatic heterocycles. The lowest BCUT2D eigenvalue weighted by molar-refractivity contribution is 0.672. The summed E-state index contributed by atoms with van der Waals surface area (Å²) >= 11 is -0.648. The molecule has 0 aliphatic carbocycles. The Balaban J connectivity index is 0. The predicted octanol–water partition coefficient (Wildman–Crippen LogP) is 12.1. The second-order valence-corrected chi connectivity index (χ2v) is 17.6. The van der Waals surface area contributed by atoms with Crippen LogP contribution in [0.15, 0.2) is 0 Å². The van der Waals surface area contributed by atoms with E-state index in [4.69, 9.17) is 0 Å². The van der Waals surface area contributed by atoms with Crippen LogP contribution >= 0.6 is 0 Å². The Labute approximate surface area is 216 Å². The Bertz CT molecular complexity index is 258. The largest absolute Gasteiger partial charge is 0.261 e. The van der Waals surface area contributed by atoms with Crippen molar-refractivity contribution in [2.75, 3.05) is 0 Å². The van der Waals surface area contributed by atoms with Crippen LogP contribution in [0.5, 0.6) is 0 Å². The van der Waals surface area contributed by atoms with E-state index in [9.17, 15) is 0 Å². The van der Waals surface area contributed by atoms with Crippen molar-refractivity contribution in [3.05, 3.63) is 0 Å². The molecule has 0 heterocycles. The lowest BCUT2D eigenvalue weighted by atomic mass is 10.2. The summed E-state index contributed by atoms with van der Waals surface area (Å²) in [4.78, 5) is 0. The van der Waals surface area contributed by atoms with Gasteiger partial charge in [0.15, 0.2) is 0 Å². The number of hydrogen-bond acceptors (Lipinski definition) is 0. The van der Waals surface area contributed by atoms with Crippen molar-refractivity contribution in [3.63, 3.8) is 0 Å². The minimum Gasteiger partial charge on any atom is -0.0939 e. The van der Waals surface area contributed by atoms with Gasteiger partial charge in [0.1, 0.15) is 0 Å². The smallest absolute Gasteiger partial charge is 0.0939 e. The molecule has 0 rings (SSSR count). The molecule has 2 heteroatoms. The molecular weight excluding hydrogens is 414 g/mol. The fourth-order valence-electron chi connectivity index (χ4n) is 4.92. The van der Waals surface area contributed by atoms with Gasteiger partial charge in [-0.1, -0.05) is 189 Å². The molecule has 0 aliphatic heterocycles. The van der Waals surface area contributed by atoms with Gasteiger partial charge in [0.25, 0.3) is 28.3 Å². The Morgan fingerprint density at radius 2 is 0.469 bits per heavy atom. The highest BCUT2D eigenvalue weighted by Crippen LogP contribution is 2.19. The highest BCUT2D eigenvalue weighted by Gasteiger charge is 2.15. The summed E-state index contributed by atoms with van der Waals surface area (Å²) in [7, 11) is 0. The van der Waals surface area contributed by atoms with Crippen LogP contribution in [-0.4, -0.2) is 28.3 Å². The van der Waals surface area contributed by atoms with Gasteiger partial charge in [-0.3, -0.25) is 0 Å². The lowest BCUT2D eigenvalue weighted by Crippen LogP contribution is -2.11. The van der Waals surface area contributed by atoms with Crippen LogP contribution in [0.2, 0.25) is 31.7 Å². The van der Waals surface area contributed by atoms with Crippen LogP contribution in [0, 0.1) is 0 Å². The van der Waals surface area contributed by atoms with Crippen LogP contribution in [0.4, 0.5) is 0 Å². The summed E-state index contributed by atoms with van der Waals surface area (Å²) < 4.78 is 0. The van der Waals surface area contributed by atoms with Gasteiger partial charge in [-0.05, 0) is 0 Å². The number of rotatable bonds is 24. The average molecular weight is 481 g/mol. The normalized spacial score (nSPS) is 10.7. The quantitative estimate of drug-likeness (QED) is 0.0951. The van der Waals surface area contributed by atoms with Gasteiger partial charge in [-0.15, -0.1) is 0 Å². The molecule has 0 aromatic rings. The van der Waals surface area contributed by atoms with E-state index < -0.39 is 0 Å². The molecule has 0 amide bonds. The standard InChI is InChI=1S/3C6H13.3C4H9.2Al/c3*1-3-5-6-4-2;3*1-3-4-2;;/h3*1,3-6H2,2H3;3*1,3-4H2,2H3;;. The Hall–Kier alpha value is 1.06. The summed E-state index contributed by atoms with van der Waals surface area (Å²) in [5.74, 6) is 0. The van der Waals surface area contributed by atoms with E-state index in [1.165, 1.54) is 96.3 Å². The SMILES string of the molecule is CCCCC[CH2][Al]([CH2]CCCCC)[CH2]CCCCC.CCC[CH2][Al]([CH2]CCC)[CH2]CCC. The van der Waals surface area contributed by atoms with E-state index in [1.54, 1.807) is 51.0 Å². The molecule has 0 atom stereocenters. The molecule has 0 unspecified atom stereocenters. The van der Waals surface area contributed by atoms with Crippen molar-refractivity contribution in [2.45, 2.75) is 189 Å². The molecule has 0 nitrogen and oxygen atoms in total. The molecule has 0 bridgehead atoms. The fourth-order valence-corrected chi connectivity index (χ4v) is 12.2. The molecule has 0 saturated carbocycles. The zero-order chi connectivity index (χ0) is 24.1. The van der Waals surface area contributed by atoms with Gasteiger partial charge in [-0.2, -0.15) is 0 Å². The summed E-state index contributed by atoms with van der Waals surface area (Å²) in [6.45, 7) is 13.9. The van der Waals surface area contributed by atoms with Crippen LogP contribution < -0.4 is 0 Å². The topological polar surface area (TPSA) is 0 Å². The van der Waals surface area contributed by atoms with Crippen LogP contribution in [0.1, 0.15) is 157 Å². The molecule has 32 heavy (non-hydrogen) atoms. The van der Waals surface area contributed by atoms with Gasteiger partial charge in [-0.25, -0.2) is 0 Å². The van der Waals surface area contributed by atoms with Gasteiger partial charge in [0, 0.05) is 0 Å². The maximum atomic E-state index is 2.32. The van der Waals surface area contributed by atoms with E-state index in [1.807, 2.05) is 0 Å². The second-order valence-electron chi connectivity index (χ2n) is 10.7. The van der Waals surface area contributed by atoms with Crippen molar-refractivity contribution < 1.29 is 0 Å². The highest BCUT2D eigenvalue weighted by atomic mass is 27.2. The van der Waals surface area contributed by atoms with Crippen molar-refractivity contribution in [2.24, 2.45) is 0 Å². The molecule has 0 N–H and O–H groups in total. The van der Waals surface area contributed by atoms with Crippen LogP contribution in [0.3, 0.4) is 0 Å². The first-order valence-corrected chi connectivity index (χ1v) is 20.6. The third-order valence-corrected chi connectivity index (χ3v) is 14.6. The Morgan fingerprint density at radius 3 is 0.688 bits per heavy atom. The minimum atomic E-state index is -0.362. The van der Waals surface area contributed by atoms with Crippen molar-refractivity contribution >= 4 is 28.3 Å². The van der Waals surface area contributed by atoms with E-state index in [2.05, 4.69) is 41.5 Å². The molecule has 192 valence electrons. The molecule has 0 saturated heterocycles. The monoisotopic (exact) mass is 480 g/mol. The van der Waals surface area contributed by atoms with Gasteiger partial charge >= 0.3 is 0 Å². The maximum Gasteiger partial charge on any atom is 0.261 e. The average Bonchev–Trinajstić information content (AvgIpc) is 2.81. The molecule has 0 spiro atoms.